The highest BCUT2D eigenvalue weighted by Gasteiger charge is 2.00. The SMILES string of the molecule is CCCCCCCCCCCCCCCc1ccc(C(=S)C=Cc2ccc(CCCC)cc2)cc1. The summed E-state index contributed by atoms with van der Waals surface area (Å²) in [5.74, 6) is 0. The number of aryl methyl sites for hydroxylation is 2. The van der Waals surface area contributed by atoms with Gasteiger partial charge in [0, 0.05) is 4.86 Å². The minimum absolute atomic E-state index is 0.910. The van der Waals surface area contributed by atoms with Gasteiger partial charge in [0.2, 0.25) is 0 Å². The maximum Gasteiger partial charge on any atom is 0.0449 e. The molecule has 0 spiro atoms. The fraction of sp³-hybridized carbons (Fsp3) is 0.559. The molecule has 2 rings (SSSR count). The predicted octanol–water partition coefficient (Wildman–Crippen LogP) is 11.1. The van der Waals surface area contributed by atoms with Crippen LogP contribution in [0.5, 0.6) is 0 Å². The van der Waals surface area contributed by atoms with Crippen molar-refractivity contribution in [3.05, 3.63) is 76.9 Å². The predicted molar refractivity (Wildman–Crippen MR) is 162 cm³/mol. The van der Waals surface area contributed by atoms with Crippen molar-refractivity contribution >= 4 is 23.2 Å². The Kier molecular flexibility index (Phi) is 16.4. The quantitative estimate of drug-likeness (QED) is 0.0769. The van der Waals surface area contributed by atoms with E-state index in [9.17, 15) is 0 Å². The summed E-state index contributed by atoms with van der Waals surface area (Å²) in [6.45, 7) is 4.53. The van der Waals surface area contributed by atoms with E-state index in [0.717, 1.165) is 10.4 Å². The number of unbranched alkanes of at least 4 members (excludes halogenated alkanes) is 13. The number of hydrogen-bond donors (Lipinski definition) is 0. The van der Waals surface area contributed by atoms with Gasteiger partial charge in [0.1, 0.15) is 0 Å². The van der Waals surface area contributed by atoms with Crippen molar-refractivity contribution in [2.75, 3.05) is 0 Å². The molecular weight excluding hydrogens is 440 g/mol. The number of thiocarbonyl (C=S) groups is 1. The van der Waals surface area contributed by atoms with Gasteiger partial charge in [0.15, 0.2) is 0 Å². The lowest BCUT2D eigenvalue weighted by molar-refractivity contribution is 0.539. The molecule has 0 aliphatic rings. The third kappa shape index (κ3) is 13.8. The third-order valence-corrected chi connectivity index (χ3v) is 7.41. The van der Waals surface area contributed by atoms with Gasteiger partial charge in [-0.3, -0.25) is 0 Å². The monoisotopic (exact) mass is 490 g/mol. The highest BCUT2D eigenvalue weighted by atomic mass is 32.1. The van der Waals surface area contributed by atoms with E-state index in [1.807, 2.05) is 0 Å². The van der Waals surface area contributed by atoms with E-state index in [0.29, 0.717) is 0 Å². The summed E-state index contributed by atoms with van der Waals surface area (Å²) in [7, 11) is 0. The minimum Gasteiger partial charge on any atom is -0.0795 e. The largest absolute Gasteiger partial charge is 0.0795 e. The molecule has 0 saturated carbocycles. The molecule has 2 aromatic carbocycles. The molecule has 35 heavy (non-hydrogen) atoms. The summed E-state index contributed by atoms with van der Waals surface area (Å²) >= 11 is 5.66. The molecule has 0 fully saturated rings. The van der Waals surface area contributed by atoms with Gasteiger partial charge in [0.25, 0.3) is 0 Å². The lowest BCUT2D eigenvalue weighted by Crippen LogP contribution is -1.94. The molecule has 0 unspecified atom stereocenters. The number of rotatable bonds is 20. The highest BCUT2D eigenvalue weighted by Crippen LogP contribution is 2.15. The van der Waals surface area contributed by atoms with Gasteiger partial charge < -0.3 is 0 Å². The van der Waals surface area contributed by atoms with Crippen molar-refractivity contribution in [2.24, 2.45) is 0 Å². The van der Waals surface area contributed by atoms with Crippen LogP contribution in [0.25, 0.3) is 6.08 Å². The first-order valence-corrected chi connectivity index (χ1v) is 15.0. The third-order valence-electron chi connectivity index (χ3n) is 7.03. The molecule has 0 aromatic heterocycles. The molecule has 0 saturated heterocycles. The summed E-state index contributed by atoms with van der Waals surface area (Å²) in [6, 6.07) is 17.8. The van der Waals surface area contributed by atoms with E-state index in [-0.39, 0.29) is 0 Å². The molecule has 2 aromatic rings. The van der Waals surface area contributed by atoms with Gasteiger partial charge in [-0.25, -0.2) is 0 Å². The van der Waals surface area contributed by atoms with Crippen molar-refractivity contribution in [1.82, 2.24) is 0 Å². The summed E-state index contributed by atoms with van der Waals surface area (Å²) in [5, 5.41) is 0. The number of hydrogen-bond acceptors (Lipinski definition) is 1. The molecule has 0 amide bonds. The Bertz CT molecular complexity index is 813. The highest BCUT2D eigenvalue weighted by molar-refractivity contribution is 7.81. The van der Waals surface area contributed by atoms with Crippen LogP contribution < -0.4 is 0 Å². The lowest BCUT2D eigenvalue weighted by Gasteiger charge is -2.05. The van der Waals surface area contributed by atoms with E-state index in [1.165, 1.54) is 126 Å². The summed E-state index contributed by atoms with van der Waals surface area (Å²) in [4.78, 5) is 0.910. The van der Waals surface area contributed by atoms with Crippen LogP contribution in [0.15, 0.2) is 54.6 Å². The molecule has 0 atom stereocenters. The van der Waals surface area contributed by atoms with Gasteiger partial charge in [-0.15, -0.1) is 0 Å². The van der Waals surface area contributed by atoms with Crippen LogP contribution in [0.4, 0.5) is 0 Å². The first kappa shape index (κ1) is 29.5. The second-order valence-corrected chi connectivity index (χ2v) is 10.7. The van der Waals surface area contributed by atoms with Gasteiger partial charge in [0.05, 0.1) is 0 Å². The molecule has 0 radical (unpaired) electrons. The second kappa shape index (κ2) is 19.5. The fourth-order valence-electron chi connectivity index (χ4n) is 4.63. The van der Waals surface area contributed by atoms with E-state index in [1.54, 1.807) is 0 Å². The van der Waals surface area contributed by atoms with Crippen molar-refractivity contribution < 1.29 is 0 Å². The number of allylic oxidation sites excluding steroid dienone is 1. The van der Waals surface area contributed by atoms with Crippen LogP contribution in [-0.2, 0) is 12.8 Å². The van der Waals surface area contributed by atoms with Crippen LogP contribution in [0.1, 0.15) is 132 Å². The van der Waals surface area contributed by atoms with Gasteiger partial charge in [-0.1, -0.05) is 164 Å². The Morgan fingerprint density at radius 2 is 0.971 bits per heavy atom. The molecule has 0 aliphatic heterocycles. The Morgan fingerprint density at radius 3 is 1.49 bits per heavy atom. The van der Waals surface area contributed by atoms with Gasteiger partial charge in [-0.2, -0.15) is 0 Å². The smallest absolute Gasteiger partial charge is 0.0449 e. The molecule has 0 heterocycles. The van der Waals surface area contributed by atoms with Crippen LogP contribution in [0, 0.1) is 0 Å². The first-order valence-electron chi connectivity index (χ1n) is 14.6. The summed E-state index contributed by atoms with van der Waals surface area (Å²) in [5.41, 5.74) is 5.22. The van der Waals surface area contributed by atoms with Crippen molar-refractivity contribution in [3.63, 3.8) is 0 Å². The Hall–Kier alpha value is -1.73. The van der Waals surface area contributed by atoms with E-state index >= 15 is 0 Å². The van der Waals surface area contributed by atoms with E-state index < -0.39 is 0 Å². The zero-order chi connectivity index (χ0) is 25.0. The van der Waals surface area contributed by atoms with Crippen molar-refractivity contribution in [1.29, 1.82) is 0 Å². The zero-order valence-electron chi connectivity index (χ0n) is 22.7. The topological polar surface area (TPSA) is 0 Å². The van der Waals surface area contributed by atoms with Crippen molar-refractivity contribution in [2.45, 2.75) is 123 Å². The first-order chi connectivity index (χ1) is 17.2. The summed E-state index contributed by atoms with van der Waals surface area (Å²) in [6.07, 6.45) is 27.4. The number of benzene rings is 2. The van der Waals surface area contributed by atoms with Gasteiger partial charge >= 0.3 is 0 Å². The lowest BCUT2D eigenvalue weighted by atomic mass is 10.0. The average Bonchev–Trinajstić information content (AvgIpc) is 2.89. The maximum atomic E-state index is 5.66. The maximum absolute atomic E-state index is 5.66. The van der Waals surface area contributed by atoms with E-state index in [4.69, 9.17) is 12.2 Å². The normalized spacial score (nSPS) is 11.4. The van der Waals surface area contributed by atoms with Crippen LogP contribution in [0.3, 0.4) is 0 Å². The molecule has 0 aliphatic carbocycles. The average molecular weight is 491 g/mol. The van der Waals surface area contributed by atoms with Crippen LogP contribution in [0.2, 0.25) is 0 Å². The molecule has 0 bridgehead atoms. The minimum atomic E-state index is 0.910. The van der Waals surface area contributed by atoms with E-state index in [2.05, 4.69) is 74.5 Å². The Balaban J connectivity index is 1.56. The zero-order valence-corrected chi connectivity index (χ0v) is 23.5. The standard InChI is InChI=1S/C34H50S/c1-3-5-7-8-9-10-11-12-13-14-15-16-17-19-31-24-27-33(28-25-31)34(35)29-26-32-22-20-30(21-23-32)18-6-4-2/h20-29H,3-19H2,1-2H3. The van der Waals surface area contributed by atoms with Crippen LogP contribution >= 0.6 is 12.2 Å². The molecule has 192 valence electrons. The molecular formula is C34H50S. The molecule has 1 heteroatoms. The fourth-order valence-corrected chi connectivity index (χ4v) is 4.83. The molecule has 0 nitrogen and oxygen atoms in total. The second-order valence-electron chi connectivity index (χ2n) is 10.2. The Labute approximate surface area is 222 Å². The summed E-state index contributed by atoms with van der Waals surface area (Å²) < 4.78 is 0. The Morgan fingerprint density at radius 1 is 0.543 bits per heavy atom. The van der Waals surface area contributed by atoms with Crippen molar-refractivity contribution in [3.8, 4) is 0 Å². The van der Waals surface area contributed by atoms with Gasteiger partial charge in [-0.05, 0) is 54.0 Å². The van der Waals surface area contributed by atoms with Crippen LogP contribution in [-0.4, -0.2) is 4.86 Å². The molecule has 0 N–H and O–H groups in total.